The standard InChI is InChI=1S/C43H60N6O11/c1-40(2,3)58-37(53)46-32(22-16-24-44-35(47-38(54)59-41(4,5)6)48-39(55)60-42(7,8)9)33(50)49-43(10,34(51)56-11)23-17-25-45-36(52)57-26-31-29-20-14-12-18-27(29)28-19-13-15-21-30(28)31/h12-15,17-21,23,31-32H,16,22,24-26H2,1-11H3,(H,45,52)(H,46,53)(H,49,50)(H2,44,47,48,54,55)/b23-17+/t32-,43-/m0/s1. The van der Waals surface area contributed by atoms with Crippen LogP contribution in [0.25, 0.3) is 11.1 Å². The van der Waals surface area contributed by atoms with Gasteiger partial charge in [-0.3, -0.25) is 20.4 Å². The topological polar surface area (TPSA) is 221 Å². The molecule has 0 aromatic heterocycles. The van der Waals surface area contributed by atoms with E-state index in [1.807, 2.05) is 48.5 Å². The second kappa shape index (κ2) is 20.7. The van der Waals surface area contributed by atoms with Gasteiger partial charge < -0.3 is 39.6 Å². The largest absolute Gasteiger partial charge is 0.467 e. The first kappa shape index (κ1) is 48.2. The molecule has 0 fully saturated rings. The number of carbonyl (C=O) groups excluding carboxylic acids is 6. The van der Waals surface area contributed by atoms with E-state index in [1.165, 1.54) is 19.1 Å². The highest BCUT2D eigenvalue weighted by atomic mass is 16.6. The molecule has 2 atom stereocenters. The van der Waals surface area contributed by atoms with E-state index in [1.54, 1.807) is 62.3 Å². The van der Waals surface area contributed by atoms with Gasteiger partial charge in [-0.05, 0) is 104 Å². The van der Waals surface area contributed by atoms with Crippen LogP contribution in [-0.4, -0.2) is 97.4 Å². The van der Waals surface area contributed by atoms with Gasteiger partial charge in [0.25, 0.3) is 0 Å². The van der Waals surface area contributed by atoms with Gasteiger partial charge in [-0.2, -0.15) is 0 Å². The predicted octanol–water partition coefficient (Wildman–Crippen LogP) is 6.21. The summed E-state index contributed by atoms with van der Waals surface area (Å²) in [6.45, 7) is 16.3. The number of guanidine groups is 1. The van der Waals surface area contributed by atoms with Gasteiger partial charge in [-0.15, -0.1) is 0 Å². The molecule has 1 aliphatic carbocycles. The highest BCUT2D eigenvalue weighted by Crippen LogP contribution is 2.44. The maximum Gasteiger partial charge on any atom is 0.414 e. The van der Waals surface area contributed by atoms with Crippen molar-refractivity contribution in [1.82, 2.24) is 26.6 Å². The Kier molecular flexibility index (Phi) is 16.7. The van der Waals surface area contributed by atoms with Crippen molar-refractivity contribution in [2.24, 2.45) is 4.99 Å². The number of hydrogen-bond acceptors (Lipinski definition) is 12. The molecular weight excluding hydrogens is 777 g/mol. The summed E-state index contributed by atoms with van der Waals surface area (Å²) in [5.41, 5.74) is -0.00109. The Morgan fingerprint density at radius 1 is 0.717 bits per heavy atom. The van der Waals surface area contributed by atoms with Gasteiger partial charge in [0, 0.05) is 19.0 Å². The Balaban J connectivity index is 1.69. The molecule has 0 unspecified atom stereocenters. The maximum absolute atomic E-state index is 13.8. The van der Waals surface area contributed by atoms with Crippen LogP contribution in [0.5, 0.6) is 0 Å². The summed E-state index contributed by atoms with van der Waals surface area (Å²) in [6.07, 6.45) is -0.446. The summed E-state index contributed by atoms with van der Waals surface area (Å²) >= 11 is 0. The Labute approximate surface area is 351 Å². The van der Waals surface area contributed by atoms with E-state index in [9.17, 15) is 28.8 Å². The number of esters is 1. The molecule has 60 heavy (non-hydrogen) atoms. The Morgan fingerprint density at radius 3 is 1.72 bits per heavy atom. The van der Waals surface area contributed by atoms with Crippen molar-refractivity contribution in [2.45, 2.75) is 116 Å². The van der Waals surface area contributed by atoms with Crippen molar-refractivity contribution in [1.29, 1.82) is 0 Å². The fourth-order valence-corrected chi connectivity index (χ4v) is 5.92. The lowest BCUT2D eigenvalue weighted by Gasteiger charge is -2.28. The van der Waals surface area contributed by atoms with Crippen molar-refractivity contribution in [3.05, 3.63) is 71.8 Å². The molecule has 5 N–H and O–H groups in total. The molecule has 1 aliphatic rings. The lowest BCUT2D eigenvalue weighted by atomic mass is 9.98. The van der Waals surface area contributed by atoms with Crippen LogP contribution < -0.4 is 26.6 Å². The number of aliphatic imine (C=N–C) groups is 1. The number of carbonyl (C=O) groups is 6. The van der Waals surface area contributed by atoms with Crippen molar-refractivity contribution >= 4 is 42.2 Å². The molecule has 0 aliphatic heterocycles. The minimum Gasteiger partial charge on any atom is -0.467 e. The quantitative estimate of drug-likeness (QED) is 0.0381. The summed E-state index contributed by atoms with van der Waals surface area (Å²) in [6, 6.07) is 14.7. The molecule has 0 radical (unpaired) electrons. The van der Waals surface area contributed by atoms with E-state index in [0.29, 0.717) is 0 Å². The molecule has 328 valence electrons. The lowest BCUT2D eigenvalue weighted by molar-refractivity contribution is -0.148. The highest BCUT2D eigenvalue weighted by Gasteiger charge is 2.36. The summed E-state index contributed by atoms with van der Waals surface area (Å²) in [4.78, 5) is 81.7. The van der Waals surface area contributed by atoms with E-state index in [2.05, 4.69) is 31.6 Å². The number of fused-ring (bicyclic) bond motifs is 3. The summed E-state index contributed by atoms with van der Waals surface area (Å²) in [5.74, 6) is -2.00. The molecule has 0 bridgehead atoms. The number of nitrogens with zero attached hydrogens (tertiary/aromatic N) is 1. The molecule has 0 saturated heterocycles. The summed E-state index contributed by atoms with van der Waals surface area (Å²) in [5, 5.41) is 12.6. The number of ether oxygens (including phenoxy) is 5. The smallest absolute Gasteiger partial charge is 0.414 e. The van der Waals surface area contributed by atoms with Gasteiger partial charge in [0.15, 0.2) is 5.54 Å². The van der Waals surface area contributed by atoms with E-state index >= 15 is 0 Å². The molecule has 17 nitrogen and oxygen atoms in total. The average molecular weight is 837 g/mol. The lowest BCUT2D eigenvalue weighted by Crippen LogP contribution is -2.57. The summed E-state index contributed by atoms with van der Waals surface area (Å²) in [7, 11) is 1.15. The first-order valence-corrected chi connectivity index (χ1v) is 19.6. The van der Waals surface area contributed by atoms with E-state index in [0.717, 1.165) is 29.4 Å². The number of hydrogen-bond donors (Lipinski definition) is 5. The molecule has 2 aromatic rings. The van der Waals surface area contributed by atoms with Crippen LogP contribution in [0.15, 0.2) is 65.7 Å². The summed E-state index contributed by atoms with van der Waals surface area (Å²) < 4.78 is 26.5. The molecular formula is C43H60N6O11. The number of rotatable bonds is 13. The van der Waals surface area contributed by atoms with E-state index in [4.69, 9.17) is 23.7 Å². The van der Waals surface area contributed by atoms with Crippen LogP contribution in [-0.2, 0) is 33.3 Å². The van der Waals surface area contributed by atoms with Gasteiger partial charge in [-0.25, -0.2) is 24.0 Å². The van der Waals surface area contributed by atoms with Crippen molar-refractivity contribution in [2.75, 3.05) is 26.8 Å². The fraction of sp³-hybridized carbons (Fsp3) is 0.512. The van der Waals surface area contributed by atoms with Crippen LogP contribution in [0.4, 0.5) is 19.2 Å². The minimum atomic E-state index is -1.75. The van der Waals surface area contributed by atoms with Crippen LogP contribution in [0.3, 0.4) is 0 Å². The zero-order chi connectivity index (χ0) is 44.9. The van der Waals surface area contributed by atoms with Crippen LogP contribution in [0, 0.1) is 0 Å². The number of benzene rings is 2. The first-order chi connectivity index (χ1) is 27.9. The second-order valence-corrected chi connectivity index (χ2v) is 17.1. The third-order valence-electron chi connectivity index (χ3n) is 8.32. The Bertz CT molecular complexity index is 1850. The molecule has 0 heterocycles. The molecule has 0 spiro atoms. The SMILES string of the molecule is COC(=O)[C@](C)(/C=C/CNC(=O)OCC1c2ccccc2-c2ccccc21)NC(=O)[C@H](CCCN=C(NC(=O)OC(C)(C)C)NC(=O)OC(C)(C)C)NC(=O)OC(C)(C)C. The highest BCUT2D eigenvalue weighted by molar-refractivity contribution is 6.01. The third-order valence-corrected chi connectivity index (χ3v) is 8.32. The van der Waals surface area contributed by atoms with Crippen molar-refractivity contribution in [3.63, 3.8) is 0 Å². The normalized spacial score (nSPS) is 13.9. The van der Waals surface area contributed by atoms with Gasteiger partial charge in [0.05, 0.1) is 7.11 Å². The minimum absolute atomic E-state index is 0.0367. The number of nitrogens with one attached hydrogen (secondary N) is 5. The monoisotopic (exact) mass is 836 g/mol. The third kappa shape index (κ3) is 15.9. The molecule has 17 heteroatoms. The second-order valence-electron chi connectivity index (χ2n) is 17.1. The van der Waals surface area contributed by atoms with Crippen molar-refractivity contribution in [3.8, 4) is 11.1 Å². The first-order valence-electron chi connectivity index (χ1n) is 19.6. The van der Waals surface area contributed by atoms with Crippen LogP contribution >= 0.6 is 0 Å². The van der Waals surface area contributed by atoms with E-state index < -0.39 is 64.6 Å². The fourth-order valence-electron chi connectivity index (χ4n) is 5.92. The van der Waals surface area contributed by atoms with E-state index in [-0.39, 0.29) is 44.4 Å². The van der Waals surface area contributed by atoms with Gasteiger partial charge in [-0.1, -0.05) is 60.7 Å². The Hall–Kier alpha value is -6.13. The van der Waals surface area contributed by atoms with Crippen LogP contribution in [0.1, 0.15) is 99.1 Å². The average Bonchev–Trinajstić information content (AvgIpc) is 3.44. The molecule has 3 rings (SSSR count). The zero-order valence-corrected chi connectivity index (χ0v) is 36.4. The number of alkyl carbamates (subject to hydrolysis) is 4. The molecule has 0 saturated carbocycles. The molecule has 2 aromatic carbocycles. The number of amides is 5. The number of methoxy groups -OCH3 is 1. The maximum atomic E-state index is 13.8. The van der Waals surface area contributed by atoms with Gasteiger partial charge >= 0.3 is 30.3 Å². The van der Waals surface area contributed by atoms with Crippen LogP contribution in [0.2, 0.25) is 0 Å². The Morgan fingerprint density at radius 2 is 1.22 bits per heavy atom. The predicted molar refractivity (Wildman–Crippen MR) is 224 cm³/mol. The van der Waals surface area contributed by atoms with Gasteiger partial charge in [0.2, 0.25) is 11.9 Å². The molecule has 5 amide bonds. The zero-order valence-electron chi connectivity index (χ0n) is 36.4. The van der Waals surface area contributed by atoms with Gasteiger partial charge in [0.1, 0.15) is 29.5 Å². The van der Waals surface area contributed by atoms with Crippen molar-refractivity contribution < 1.29 is 52.5 Å².